The van der Waals surface area contributed by atoms with Crippen LogP contribution in [0, 0.1) is 0 Å². The first-order valence-corrected chi connectivity index (χ1v) is 7.77. The van der Waals surface area contributed by atoms with Crippen molar-refractivity contribution in [1.29, 1.82) is 0 Å². The van der Waals surface area contributed by atoms with E-state index in [4.69, 9.17) is 30.6 Å². The van der Waals surface area contributed by atoms with Crippen molar-refractivity contribution in [3.8, 4) is 0 Å². The topological polar surface area (TPSA) is 173 Å². The number of aliphatic hydroxyl groups is 3. The summed E-state index contributed by atoms with van der Waals surface area (Å²) in [6, 6.07) is 0. The fourth-order valence-electron chi connectivity index (χ4n) is 1.09. The van der Waals surface area contributed by atoms with Crippen LogP contribution in [0.4, 0.5) is 0 Å². The van der Waals surface area contributed by atoms with Crippen molar-refractivity contribution in [2.45, 2.75) is 77.6 Å². The van der Waals surface area contributed by atoms with Gasteiger partial charge in [-0.05, 0) is 19.3 Å². The van der Waals surface area contributed by atoms with E-state index in [9.17, 15) is 14.4 Å². The zero-order valence-corrected chi connectivity index (χ0v) is 14.4. The van der Waals surface area contributed by atoms with Gasteiger partial charge in [-0.25, -0.2) is 14.4 Å². The second kappa shape index (κ2) is 17.6. The molecule has 0 heterocycles. The van der Waals surface area contributed by atoms with Crippen molar-refractivity contribution >= 4 is 17.9 Å². The minimum absolute atomic E-state index is 0.273. The molecule has 0 amide bonds. The Kier molecular flexibility index (Phi) is 20.0. The second-order valence-corrected chi connectivity index (χ2v) is 4.90. The van der Waals surface area contributed by atoms with E-state index in [1.807, 2.05) is 13.8 Å². The molecule has 24 heavy (non-hydrogen) atoms. The van der Waals surface area contributed by atoms with Gasteiger partial charge in [-0.15, -0.1) is 0 Å². The maximum Gasteiger partial charge on any atom is 0.332 e. The SMILES string of the molecule is CCC(O)C(=O)O.CCCC(O)C(=O)O.CCCCC(O)C(=O)O. The molecule has 0 aliphatic heterocycles. The third-order valence-electron chi connectivity index (χ3n) is 2.64. The lowest BCUT2D eigenvalue weighted by atomic mass is 10.2. The molecule has 0 aliphatic rings. The van der Waals surface area contributed by atoms with E-state index >= 15 is 0 Å². The molecule has 3 unspecified atom stereocenters. The Morgan fingerprint density at radius 2 is 1.04 bits per heavy atom. The number of carbonyl (C=O) groups is 3. The van der Waals surface area contributed by atoms with Crippen molar-refractivity contribution < 1.29 is 45.0 Å². The quantitative estimate of drug-likeness (QED) is 0.348. The fourth-order valence-corrected chi connectivity index (χ4v) is 1.09. The zero-order valence-electron chi connectivity index (χ0n) is 14.4. The Morgan fingerprint density at radius 3 is 1.21 bits per heavy atom. The number of rotatable bonds is 9. The van der Waals surface area contributed by atoms with E-state index in [-0.39, 0.29) is 6.42 Å². The van der Waals surface area contributed by atoms with E-state index < -0.39 is 36.2 Å². The molecule has 9 nitrogen and oxygen atoms in total. The molecule has 0 aromatic rings. The van der Waals surface area contributed by atoms with Crippen LogP contribution in [0.2, 0.25) is 0 Å². The Labute approximate surface area is 141 Å². The summed E-state index contributed by atoms with van der Waals surface area (Å²) in [7, 11) is 0. The van der Waals surface area contributed by atoms with Gasteiger partial charge in [-0.1, -0.05) is 40.0 Å². The van der Waals surface area contributed by atoms with Crippen LogP contribution in [0.1, 0.15) is 59.3 Å². The number of unbranched alkanes of at least 4 members (excludes halogenated alkanes) is 1. The maximum absolute atomic E-state index is 9.96. The van der Waals surface area contributed by atoms with Crippen molar-refractivity contribution in [3.05, 3.63) is 0 Å². The minimum atomic E-state index is -1.18. The molecule has 0 rings (SSSR count). The second-order valence-electron chi connectivity index (χ2n) is 4.90. The fraction of sp³-hybridized carbons (Fsp3) is 0.800. The normalized spacial score (nSPS) is 13.2. The molecule has 0 radical (unpaired) electrons. The van der Waals surface area contributed by atoms with E-state index in [1.165, 1.54) is 0 Å². The molecule has 3 atom stereocenters. The molecule has 6 N–H and O–H groups in total. The molecule has 0 saturated carbocycles. The van der Waals surface area contributed by atoms with Gasteiger partial charge in [0.1, 0.15) is 0 Å². The lowest BCUT2D eigenvalue weighted by Gasteiger charge is -2.01. The number of hydrogen-bond donors (Lipinski definition) is 6. The summed E-state index contributed by atoms with van der Waals surface area (Å²) in [6.45, 7) is 5.39. The molecule has 0 aliphatic carbocycles. The number of carboxylic acids is 3. The molecule has 0 spiro atoms. The van der Waals surface area contributed by atoms with Crippen molar-refractivity contribution in [2.75, 3.05) is 0 Å². The van der Waals surface area contributed by atoms with Gasteiger partial charge in [-0.3, -0.25) is 0 Å². The largest absolute Gasteiger partial charge is 0.479 e. The maximum atomic E-state index is 9.96. The van der Waals surface area contributed by atoms with E-state index in [1.54, 1.807) is 6.92 Å². The third kappa shape index (κ3) is 20.3. The summed E-state index contributed by atoms with van der Waals surface area (Å²) >= 11 is 0. The first-order valence-electron chi connectivity index (χ1n) is 7.77. The summed E-state index contributed by atoms with van der Waals surface area (Å²) in [4.78, 5) is 29.5. The van der Waals surface area contributed by atoms with Crippen LogP contribution in [-0.4, -0.2) is 66.9 Å². The lowest BCUT2D eigenvalue weighted by Crippen LogP contribution is -2.18. The van der Waals surface area contributed by atoms with Crippen molar-refractivity contribution in [3.63, 3.8) is 0 Å². The van der Waals surface area contributed by atoms with Gasteiger partial charge < -0.3 is 30.6 Å². The van der Waals surface area contributed by atoms with Gasteiger partial charge in [-0.2, -0.15) is 0 Å². The molecule has 144 valence electrons. The predicted molar refractivity (Wildman–Crippen MR) is 85.7 cm³/mol. The molecule has 0 fully saturated rings. The number of aliphatic carboxylic acids is 3. The van der Waals surface area contributed by atoms with E-state index in [2.05, 4.69) is 0 Å². The highest BCUT2D eigenvalue weighted by Crippen LogP contribution is 1.99. The first-order chi connectivity index (χ1) is 11.0. The van der Waals surface area contributed by atoms with Gasteiger partial charge in [0, 0.05) is 0 Å². The third-order valence-corrected chi connectivity index (χ3v) is 2.64. The molecular weight excluding hydrogens is 324 g/mol. The Balaban J connectivity index is -0.000000278. The standard InChI is InChI=1S/C6H12O3.C5H10O3.C4H8O3/c1-2-3-4-5(7)6(8)9;1-2-3-4(6)5(7)8;1-2-3(5)4(6)7/h5,7H,2-4H2,1H3,(H,8,9);4,6H,2-3H2,1H3,(H,7,8);3,5H,2H2,1H3,(H,6,7). The van der Waals surface area contributed by atoms with Crippen molar-refractivity contribution in [2.24, 2.45) is 0 Å². The predicted octanol–water partition coefficient (Wildman–Crippen LogP) is 0.696. The van der Waals surface area contributed by atoms with Gasteiger partial charge in [0.15, 0.2) is 18.3 Å². The average Bonchev–Trinajstić information content (AvgIpc) is 2.52. The molecule has 0 aromatic heterocycles. The van der Waals surface area contributed by atoms with E-state index in [0.29, 0.717) is 19.3 Å². The van der Waals surface area contributed by atoms with E-state index in [0.717, 1.165) is 12.8 Å². The number of carboxylic acid groups (broad SMARTS) is 3. The van der Waals surface area contributed by atoms with Crippen LogP contribution < -0.4 is 0 Å². The van der Waals surface area contributed by atoms with Gasteiger partial charge >= 0.3 is 17.9 Å². The van der Waals surface area contributed by atoms with Crippen LogP contribution in [0.3, 0.4) is 0 Å². The summed E-state index contributed by atoms with van der Waals surface area (Å²) in [6.07, 6.45) is -0.133. The van der Waals surface area contributed by atoms with Crippen LogP contribution in [-0.2, 0) is 14.4 Å². The highest BCUT2D eigenvalue weighted by molar-refractivity contribution is 5.72. The smallest absolute Gasteiger partial charge is 0.332 e. The summed E-state index contributed by atoms with van der Waals surface area (Å²) in [5.74, 6) is -3.40. The van der Waals surface area contributed by atoms with Crippen LogP contribution in [0.5, 0.6) is 0 Å². The zero-order chi connectivity index (χ0) is 19.7. The van der Waals surface area contributed by atoms with Gasteiger partial charge in [0.05, 0.1) is 0 Å². The van der Waals surface area contributed by atoms with Crippen LogP contribution in [0.15, 0.2) is 0 Å². The molecule has 0 aromatic carbocycles. The highest BCUT2D eigenvalue weighted by Gasteiger charge is 2.10. The highest BCUT2D eigenvalue weighted by atomic mass is 16.4. The monoisotopic (exact) mass is 354 g/mol. The number of hydrogen-bond acceptors (Lipinski definition) is 6. The summed E-state index contributed by atoms with van der Waals surface area (Å²) in [5.41, 5.74) is 0. The molecule has 0 bridgehead atoms. The molecule has 0 saturated heterocycles. The summed E-state index contributed by atoms with van der Waals surface area (Å²) in [5, 5.41) is 49.7. The van der Waals surface area contributed by atoms with Crippen LogP contribution in [0.25, 0.3) is 0 Å². The number of aliphatic hydroxyl groups excluding tert-OH is 3. The average molecular weight is 354 g/mol. The van der Waals surface area contributed by atoms with Crippen molar-refractivity contribution in [1.82, 2.24) is 0 Å². The van der Waals surface area contributed by atoms with Gasteiger partial charge in [0.2, 0.25) is 0 Å². The Hall–Kier alpha value is -1.71. The van der Waals surface area contributed by atoms with Crippen LogP contribution >= 0.6 is 0 Å². The molecular formula is C15H30O9. The Morgan fingerprint density at radius 1 is 0.667 bits per heavy atom. The Bertz CT molecular complexity index is 344. The first kappa shape index (κ1) is 27.2. The molecule has 9 heteroatoms. The minimum Gasteiger partial charge on any atom is -0.479 e. The summed E-state index contributed by atoms with van der Waals surface area (Å²) < 4.78 is 0. The lowest BCUT2D eigenvalue weighted by molar-refractivity contribution is -0.147. The van der Waals surface area contributed by atoms with Gasteiger partial charge in [0.25, 0.3) is 0 Å².